The van der Waals surface area contributed by atoms with Crippen molar-refractivity contribution in [1.29, 1.82) is 0 Å². The third-order valence-electron chi connectivity index (χ3n) is 4.03. The number of nitrogens with zero attached hydrogens (tertiary/aromatic N) is 4. The van der Waals surface area contributed by atoms with E-state index in [1.165, 1.54) is 11.8 Å². The van der Waals surface area contributed by atoms with Crippen molar-refractivity contribution in [2.24, 2.45) is 0 Å². The van der Waals surface area contributed by atoms with Crippen LogP contribution in [0.15, 0.2) is 28.7 Å². The van der Waals surface area contributed by atoms with Crippen molar-refractivity contribution in [3.05, 3.63) is 41.0 Å². The molecule has 0 spiro atoms. The van der Waals surface area contributed by atoms with E-state index in [2.05, 4.69) is 25.1 Å². The molecule has 4 rings (SSSR count). The first-order chi connectivity index (χ1) is 13.0. The van der Waals surface area contributed by atoms with Gasteiger partial charge in [-0.2, -0.15) is 0 Å². The van der Waals surface area contributed by atoms with E-state index in [4.69, 9.17) is 0 Å². The van der Waals surface area contributed by atoms with Crippen LogP contribution in [0.1, 0.15) is 24.7 Å². The Morgan fingerprint density at radius 2 is 2.19 bits per heavy atom. The summed E-state index contributed by atoms with van der Waals surface area (Å²) in [6.45, 7) is 1.90. The zero-order valence-corrected chi connectivity index (χ0v) is 15.9. The van der Waals surface area contributed by atoms with E-state index in [9.17, 15) is 13.6 Å². The summed E-state index contributed by atoms with van der Waals surface area (Å²) in [6.07, 6.45) is 2.22. The highest BCUT2D eigenvalue weighted by Crippen LogP contribution is 2.38. The van der Waals surface area contributed by atoms with Gasteiger partial charge in [0, 0.05) is 17.0 Å². The number of amides is 1. The lowest BCUT2D eigenvalue weighted by molar-refractivity contribution is -0.113. The Hall–Kier alpha value is -2.33. The molecule has 6 nitrogen and oxygen atoms in total. The molecule has 0 atom stereocenters. The fourth-order valence-corrected chi connectivity index (χ4v) is 4.21. The van der Waals surface area contributed by atoms with Gasteiger partial charge in [0.1, 0.15) is 17.5 Å². The summed E-state index contributed by atoms with van der Waals surface area (Å²) in [4.78, 5) is 16.4. The number of thioether (sulfide) groups is 1. The number of thiazole rings is 1. The maximum absolute atomic E-state index is 13.8. The topological polar surface area (TPSA) is 72.7 Å². The second-order valence-electron chi connectivity index (χ2n) is 6.13. The second-order valence-corrected chi connectivity index (χ2v) is 7.93. The number of halogens is 2. The first-order valence-electron chi connectivity index (χ1n) is 8.26. The average Bonchev–Trinajstić information content (AvgIpc) is 3.25. The smallest absolute Gasteiger partial charge is 0.236 e. The number of carbonyl (C=O) groups excluding carboxylic acids is 1. The van der Waals surface area contributed by atoms with Crippen LogP contribution in [0.4, 0.5) is 13.9 Å². The fourth-order valence-electron chi connectivity index (χ4n) is 2.64. The Morgan fingerprint density at radius 1 is 1.37 bits per heavy atom. The zero-order chi connectivity index (χ0) is 19.0. The van der Waals surface area contributed by atoms with Crippen molar-refractivity contribution in [1.82, 2.24) is 19.7 Å². The Bertz CT molecular complexity index is 999. The van der Waals surface area contributed by atoms with Gasteiger partial charge in [-0.15, -0.1) is 21.5 Å². The number of carbonyl (C=O) groups is 1. The molecular formula is C17H15F2N5OS2. The predicted molar refractivity (Wildman–Crippen MR) is 99.8 cm³/mol. The Labute approximate surface area is 162 Å². The normalized spacial score (nSPS) is 13.7. The molecule has 1 aliphatic carbocycles. The van der Waals surface area contributed by atoms with Gasteiger partial charge in [-0.05, 0) is 38.0 Å². The number of hydrogen-bond acceptors (Lipinski definition) is 6. The molecule has 0 unspecified atom stereocenters. The maximum Gasteiger partial charge on any atom is 0.236 e. The van der Waals surface area contributed by atoms with E-state index < -0.39 is 11.6 Å². The van der Waals surface area contributed by atoms with Gasteiger partial charge in [-0.25, -0.2) is 13.8 Å². The first-order valence-corrected chi connectivity index (χ1v) is 10.1. The number of hydrogen-bond donors (Lipinski definition) is 1. The summed E-state index contributed by atoms with van der Waals surface area (Å²) in [5, 5.41) is 13.5. The standard InChI is InChI=1S/C17H15F2N5OS2/c1-9-22-23-17(24(9)11-3-4-11)27-8-15(25)21-16-20-14(7-26-16)12-6-10(18)2-5-13(12)19/h2,5-7,11H,3-4,8H2,1H3,(H,20,21,25). The molecule has 1 amide bonds. The van der Waals surface area contributed by atoms with Gasteiger partial charge >= 0.3 is 0 Å². The second kappa shape index (κ2) is 7.35. The van der Waals surface area contributed by atoms with Crippen LogP contribution in [0.2, 0.25) is 0 Å². The van der Waals surface area contributed by atoms with Gasteiger partial charge in [-0.3, -0.25) is 4.79 Å². The predicted octanol–water partition coefficient (Wildman–Crippen LogP) is 4.05. The van der Waals surface area contributed by atoms with Crippen molar-refractivity contribution in [3.8, 4) is 11.3 Å². The van der Waals surface area contributed by atoms with Crippen LogP contribution in [0.5, 0.6) is 0 Å². The van der Waals surface area contributed by atoms with Crippen molar-refractivity contribution in [2.45, 2.75) is 31.0 Å². The summed E-state index contributed by atoms with van der Waals surface area (Å²) in [7, 11) is 0. The third-order valence-corrected chi connectivity index (χ3v) is 5.74. The molecule has 3 aromatic rings. The van der Waals surface area contributed by atoms with Crippen LogP contribution < -0.4 is 5.32 Å². The van der Waals surface area contributed by atoms with E-state index in [1.807, 2.05) is 6.92 Å². The lowest BCUT2D eigenvalue weighted by Crippen LogP contribution is -2.14. The summed E-state index contributed by atoms with van der Waals surface area (Å²) in [6, 6.07) is 3.62. The zero-order valence-electron chi connectivity index (χ0n) is 14.3. The molecule has 1 aliphatic rings. The molecule has 1 fully saturated rings. The van der Waals surface area contributed by atoms with Crippen molar-refractivity contribution < 1.29 is 13.6 Å². The fraction of sp³-hybridized carbons (Fsp3) is 0.294. The lowest BCUT2D eigenvalue weighted by atomic mass is 10.1. The highest BCUT2D eigenvalue weighted by atomic mass is 32.2. The summed E-state index contributed by atoms with van der Waals surface area (Å²) in [5.41, 5.74) is 0.346. The molecule has 2 heterocycles. The van der Waals surface area contributed by atoms with E-state index in [0.29, 0.717) is 11.2 Å². The van der Waals surface area contributed by atoms with Crippen LogP contribution in [0.25, 0.3) is 11.3 Å². The van der Waals surface area contributed by atoms with Crippen LogP contribution in [0.3, 0.4) is 0 Å². The minimum Gasteiger partial charge on any atom is -0.303 e. The van der Waals surface area contributed by atoms with Crippen LogP contribution in [-0.2, 0) is 4.79 Å². The largest absolute Gasteiger partial charge is 0.303 e. The minimum absolute atomic E-state index is 0.0640. The molecule has 140 valence electrons. The molecule has 0 radical (unpaired) electrons. The third kappa shape index (κ3) is 4.01. The number of rotatable bonds is 6. The Morgan fingerprint density at radius 3 is 2.96 bits per heavy atom. The maximum atomic E-state index is 13.8. The van der Waals surface area contributed by atoms with E-state index in [1.54, 1.807) is 5.38 Å². The quantitative estimate of drug-likeness (QED) is 0.624. The van der Waals surface area contributed by atoms with Crippen molar-refractivity contribution in [3.63, 3.8) is 0 Å². The van der Waals surface area contributed by atoms with Crippen molar-refractivity contribution in [2.75, 3.05) is 11.1 Å². The monoisotopic (exact) mass is 407 g/mol. The summed E-state index contributed by atoms with van der Waals surface area (Å²) < 4.78 is 29.2. The average molecular weight is 407 g/mol. The van der Waals surface area contributed by atoms with Gasteiger partial charge in [0.2, 0.25) is 5.91 Å². The molecule has 0 bridgehead atoms. The number of aromatic nitrogens is 4. The Kier molecular flexibility index (Phi) is 4.92. The van der Waals surface area contributed by atoms with Crippen LogP contribution in [0, 0.1) is 18.6 Å². The molecule has 1 saturated carbocycles. The van der Waals surface area contributed by atoms with E-state index in [0.717, 1.165) is 53.4 Å². The minimum atomic E-state index is -0.565. The molecule has 1 aromatic carbocycles. The van der Waals surface area contributed by atoms with Gasteiger partial charge in [0.05, 0.1) is 11.4 Å². The molecular weight excluding hydrogens is 392 g/mol. The number of anilines is 1. The van der Waals surface area contributed by atoms with E-state index >= 15 is 0 Å². The summed E-state index contributed by atoms with van der Waals surface area (Å²) >= 11 is 2.47. The van der Waals surface area contributed by atoms with Crippen LogP contribution in [-0.4, -0.2) is 31.4 Å². The highest BCUT2D eigenvalue weighted by Gasteiger charge is 2.28. The van der Waals surface area contributed by atoms with E-state index in [-0.39, 0.29) is 22.9 Å². The van der Waals surface area contributed by atoms with Gasteiger partial charge in [-0.1, -0.05) is 11.8 Å². The number of aryl methyl sites for hydroxylation is 1. The molecule has 1 N–H and O–H groups in total. The van der Waals surface area contributed by atoms with Gasteiger partial charge < -0.3 is 9.88 Å². The molecule has 0 saturated heterocycles. The number of nitrogens with one attached hydrogen (secondary N) is 1. The SMILES string of the molecule is Cc1nnc(SCC(=O)Nc2nc(-c3cc(F)ccc3F)cs2)n1C1CC1. The highest BCUT2D eigenvalue weighted by molar-refractivity contribution is 7.99. The molecule has 0 aliphatic heterocycles. The number of benzene rings is 1. The lowest BCUT2D eigenvalue weighted by Gasteiger charge is -2.06. The summed E-state index contributed by atoms with van der Waals surface area (Å²) in [5.74, 6) is -0.347. The molecule has 27 heavy (non-hydrogen) atoms. The Balaban J connectivity index is 1.39. The first kappa shape index (κ1) is 18.1. The van der Waals surface area contributed by atoms with Crippen molar-refractivity contribution >= 4 is 34.1 Å². The molecule has 10 heteroatoms. The van der Waals surface area contributed by atoms with Gasteiger partial charge in [0.15, 0.2) is 10.3 Å². The van der Waals surface area contributed by atoms with Gasteiger partial charge in [0.25, 0.3) is 0 Å². The molecule has 2 aromatic heterocycles. The van der Waals surface area contributed by atoms with Crippen LogP contribution >= 0.6 is 23.1 Å².